The van der Waals surface area contributed by atoms with Crippen LogP contribution in [0.4, 0.5) is 0 Å². The smallest absolute Gasteiger partial charge is 0.271 e. The summed E-state index contributed by atoms with van der Waals surface area (Å²) in [5.74, 6) is 1.67. The van der Waals surface area contributed by atoms with Crippen LogP contribution in [-0.4, -0.2) is 19.7 Å². The van der Waals surface area contributed by atoms with Crippen molar-refractivity contribution in [1.82, 2.24) is 19.7 Å². The highest BCUT2D eigenvalue weighted by Crippen LogP contribution is 2.22. The van der Waals surface area contributed by atoms with E-state index >= 15 is 0 Å². The van der Waals surface area contributed by atoms with E-state index in [0.717, 1.165) is 11.9 Å². The third kappa shape index (κ3) is 2.36. The van der Waals surface area contributed by atoms with E-state index in [1.807, 2.05) is 18.4 Å². The normalized spacial score (nSPS) is 11.3. The van der Waals surface area contributed by atoms with Crippen LogP contribution in [0.3, 0.4) is 0 Å². The van der Waals surface area contributed by atoms with Crippen LogP contribution in [0.25, 0.3) is 10.2 Å². The number of hydrogen-bond acceptors (Lipinski definition) is 7. The summed E-state index contributed by atoms with van der Waals surface area (Å²) in [4.78, 5) is 16.6. The molecule has 0 aromatic carbocycles. The summed E-state index contributed by atoms with van der Waals surface area (Å²) in [6, 6.07) is 1.85. The summed E-state index contributed by atoms with van der Waals surface area (Å²) in [6.45, 7) is 1.96. The average molecular weight is 308 g/mol. The number of nitrogens with zero attached hydrogens (tertiary/aromatic N) is 4. The third-order valence-electron chi connectivity index (χ3n) is 2.78. The van der Waals surface area contributed by atoms with Crippen LogP contribution < -0.4 is 5.56 Å². The summed E-state index contributed by atoms with van der Waals surface area (Å²) < 4.78 is 7.68. The standard InChI is InChI=1S/C12H12N4O2S2/c1-3-8-14-15-9(18-8)6-20-12-13-7-4-5-19-10(7)11(17)16(12)2/h4-5H,3,6H2,1-2H3. The van der Waals surface area contributed by atoms with Crippen molar-refractivity contribution in [2.75, 3.05) is 0 Å². The van der Waals surface area contributed by atoms with E-state index in [2.05, 4.69) is 15.2 Å². The lowest BCUT2D eigenvalue weighted by atomic mass is 10.5. The zero-order chi connectivity index (χ0) is 14.1. The van der Waals surface area contributed by atoms with Crippen LogP contribution in [0.1, 0.15) is 18.7 Å². The van der Waals surface area contributed by atoms with Crippen molar-refractivity contribution < 1.29 is 4.42 Å². The van der Waals surface area contributed by atoms with Crippen LogP contribution in [0.15, 0.2) is 25.8 Å². The van der Waals surface area contributed by atoms with Gasteiger partial charge in [-0.25, -0.2) is 4.98 Å². The first kappa shape index (κ1) is 13.3. The Morgan fingerprint density at radius 2 is 2.20 bits per heavy atom. The zero-order valence-corrected chi connectivity index (χ0v) is 12.6. The first-order valence-electron chi connectivity index (χ1n) is 6.07. The van der Waals surface area contributed by atoms with Crippen molar-refractivity contribution in [2.45, 2.75) is 24.3 Å². The van der Waals surface area contributed by atoms with Crippen molar-refractivity contribution in [3.63, 3.8) is 0 Å². The van der Waals surface area contributed by atoms with Gasteiger partial charge < -0.3 is 4.42 Å². The number of aryl methyl sites for hydroxylation is 1. The summed E-state index contributed by atoms with van der Waals surface area (Å²) in [7, 11) is 1.72. The fourth-order valence-corrected chi connectivity index (χ4v) is 3.33. The molecule has 6 nitrogen and oxygen atoms in total. The molecule has 20 heavy (non-hydrogen) atoms. The number of rotatable bonds is 4. The van der Waals surface area contributed by atoms with Gasteiger partial charge in [-0.05, 0) is 11.4 Å². The lowest BCUT2D eigenvalue weighted by molar-refractivity contribution is 0.469. The predicted octanol–water partition coefficient (Wildman–Crippen LogP) is 2.23. The molecule has 0 aliphatic heterocycles. The van der Waals surface area contributed by atoms with Gasteiger partial charge in [0.1, 0.15) is 4.70 Å². The molecule has 3 aromatic rings. The monoisotopic (exact) mass is 308 g/mol. The molecule has 0 amide bonds. The minimum absolute atomic E-state index is 0.0210. The molecule has 0 saturated carbocycles. The van der Waals surface area contributed by atoms with Gasteiger partial charge >= 0.3 is 0 Å². The van der Waals surface area contributed by atoms with Gasteiger partial charge in [0, 0.05) is 13.5 Å². The quantitative estimate of drug-likeness (QED) is 0.543. The van der Waals surface area contributed by atoms with Gasteiger partial charge in [0.05, 0.1) is 11.3 Å². The molecule has 0 aliphatic carbocycles. The second kappa shape index (κ2) is 5.37. The van der Waals surface area contributed by atoms with Crippen LogP contribution in [-0.2, 0) is 19.2 Å². The molecule has 0 spiro atoms. The minimum Gasteiger partial charge on any atom is -0.424 e. The van der Waals surface area contributed by atoms with Gasteiger partial charge in [0.25, 0.3) is 5.56 Å². The van der Waals surface area contributed by atoms with E-state index in [1.165, 1.54) is 23.1 Å². The number of aromatic nitrogens is 4. The summed E-state index contributed by atoms with van der Waals surface area (Å²) in [5, 5.41) is 10.4. The highest BCUT2D eigenvalue weighted by Gasteiger charge is 2.11. The second-order valence-electron chi connectivity index (χ2n) is 4.13. The maximum absolute atomic E-state index is 12.1. The van der Waals surface area contributed by atoms with E-state index in [1.54, 1.807) is 11.6 Å². The maximum atomic E-state index is 12.1. The van der Waals surface area contributed by atoms with Crippen LogP contribution in [0.2, 0.25) is 0 Å². The van der Waals surface area contributed by atoms with Gasteiger partial charge in [-0.15, -0.1) is 21.5 Å². The first-order valence-corrected chi connectivity index (χ1v) is 7.94. The van der Waals surface area contributed by atoms with Crippen LogP contribution in [0, 0.1) is 0 Å². The Kier molecular flexibility index (Phi) is 3.58. The Hall–Kier alpha value is -1.67. The fourth-order valence-electron chi connectivity index (χ4n) is 1.71. The van der Waals surface area contributed by atoms with Crippen molar-refractivity contribution in [3.8, 4) is 0 Å². The Morgan fingerprint density at radius 3 is 2.95 bits per heavy atom. The predicted molar refractivity (Wildman–Crippen MR) is 78.1 cm³/mol. The van der Waals surface area contributed by atoms with Crippen molar-refractivity contribution in [1.29, 1.82) is 0 Å². The number of hydrogen-bond donors (Lipinski definition) is 0. The molecular formula is C12H12N4O2S2. The highest BCUT2D eigenvalue weighted by atomic mass is 32.2. The topological polar surface area (TPSA) is 73.8 Å². The van der Waals surface area contributed by atoms with Crippen molar-refractivity contribution in [2.24, 2.45) is 7.05 Å². The molecule has 3 rings (SSSR count). The highest BCUT2D eigenvalue weighted by molar-refractivity contribution is 7.98. The minimum atomic E-state index is -0.0210. The Morgan fingerprint density at radius 1 is 1.40 bits per heavy atom. The van der Waals surface area contributed by atoms with Crippen LogP contribution >= 0.6 is 23.1 Å². The molecule has 3 aromatic heterocycles. The summed E-state index contributed by atoms with van der Waals surface area (Å²) in [6.07, 6.45) is 0.718. The van der Waals surface area contributed by atoms with E-state index in [9.17, 15) is 4.79 Å². The van der Waals surface area contributed by atoms with Crippen molar-refractivity contribution >= 4 is 33.3 Å². The molecule has 0 N–H and O–H groups in total. The lowest BCUT2D eigenvalue weighted by Crippen LogP contribution is -2.18. The molecule has 0 saturated heterocycles. The maximum Gasteiger partial charge on any atom is 0.271 e. The van der Waals surface area contributed by atoms with E-state index < -0.39 is 0 Å². The molecule has 3 heterocycles. The van der Waals surface area contributed by atoms with E-state index in [-0.39, 0.29) is 5.56 Å². The van der Waals surface area contributed by atoms with Gasteiger partial charge in [0.15, 0.2) is 5.16 Å². The molecule has 0 bridgehead atoms. The Labute approximate surface area is 122 Å². The third-order valence-corrected chi connectivity index (χ3v) is 4.69. The molecule has 0 aliphatic rings. The summed E-state index contributed by atoms with van der Waals surface area (Å²) in [5.41, 5.74) is 0.715. The first-order chi connectivity index (χ1) is 9.69. The largest absolute Gasteiger partial charge is 0.424 e. The number of thioether (sulfide) groups is 1. The molecular weight excluding hydrogens is 296 g/mol. The average Bonchev–Trinajstić information content (AvgIpc) is 3.09. The van der Waals surface area contributed by atoms with Gasteiger partial charge in [0.2, 0.25) is 11.8 Å². The van der Waals surface area contributed by atoms with Gasteiger partial charge in [-0.2, -0.15) is 0 Å². The molecule has 0 atom stereocenters. The molecule has 0 fully saturated rings. The molecule has 0 unspecified atom stereocenters. The number of fused-ring (bicyclic) bond motifs is 1. The van der Waals surface area contributed by atoms with Gasteiger partial charge in [-0.1, -0.05) is 18.7 Å². The number of thiophene rings is 1. The lowest BCUT2D eigenvalue weighted by Gasteiger charge is -2.05. The summed E-state index contributed by atoms with van der Waals surface area (Å²) >= 11 is 2.83. The van der Waals surface area contributed by atoms with E-state index in [4.69, 9.17) is 4.42 Å². The molecule has 104 valence electrons. The molecule has 8 heteroatoms. The second-order valence-corrected chi connectivity index (χ2v) is 5.98. The van der Waals surface area contributed by atoms with Gasteiger partial charge in [-0.3, -0.25) is 9.36 Å². The Bertz CT molecular complexity index is 805. The van der Waals surface area contributed by atoms with Crippen molar-refractivity contribution in [3.05, 3.63) is 33.6 Å². The zero-order valence-electron chi connectivity index (χ0n) is 11.0. The SMILES string of the molecule is CCc1nnc(CSc2nc3ccsc3c(=O)n2C)o1. The fraction of sp³-hybridized carbons (Fsp3) is 0.333. The molecule has 0 radical (unpaired) electrons. The van der Waals surface area contributed by atoms with Crippen LogP contribution in [0.5, 0.6) is 0 Å². The Balaban J connectivity index is 1.87. The van der Waals surface area contributed by atoms with E-state index in [0.29, 0.717) is 27.4 Å².